The quantitative estimate of drug-likeness (QED) is 0.487. The molecular formula is C25H32ClN7O3S. The number of nitrogens with two attached hydrogens (primary N) is 1. The van der Waals surface area contributed by atoms with Crippen LogP contribution in [0, 0.1) is 6.92 Å². The number of piperidine rings is 1. The summed E-state index contributed by atoms with van der Waals surface area (Å²) in [6.07, 6.45) is 6.65. The van der Waals surface area contributed by atoms with Crippen molar-refractivity contribution in [1.29, 1.82) is 0 Å². The number of hydrogen-bond acceptors (Lipinski definition) is 7. The van der Waals surface area contributed by atoms with Crippen molar-refractivity contribution in [3.63, 3.8) is 0 Å². The monoisotopic (exact) mass is 545 g/mol. The Morgan fingerprint density at radius 2 is 2.03 bits per heavy atom. The molecule has 0 spiro atoms. The summed E-state index contributed by atoms with van der Waals surface area (Å²) in [4.78, 5) is 22.8. The van der Waals surface area contributed by atoms with E-state index in [1.54, 1.807) is 22.7 Å². The maximum Gasteiger partial charge on any atom is 0.254 e. The Bertz CT molecular complexity index is 1440. The van der Waals surface area contributed by atoms with Gasteiger partial charge in [-0.15, -0.1) is 0 Å². The molecule has 10 nitrogen and oxygen atoms in total. The maximum absolute atomic E-state index is 13.8. The van der Waals surface area contributed by atoms with Gasteiger partial charge in [-0.25, -0.2) is 22.6 Å². The SMILES string of the molecule is Cc1cn2nc([C@@H]3CCCCN3C(=O)c3cc(Cl)ccc3CNS(C)(=O)=O)cc2nc1N1CC[C@H](N)C1. The van der Waals surface area contributed by atoms with Crippen molar-refractivity contribution < 1.29 is 13.2 Å². The van der Waals surface area contributed by atoms with E-state index in [0.29, 0.717) is 22.7 Å². The molecule has 2 aromatic heterocycles. The molecule has 0 unspecified atom stereocenters. The van der Waals surface area contributed by atoms with Gasteiger partial charge in [-0.2, -0.15) is 5.10 Å². The fraction of sp³-hybridized carbons (Fsp3) is 0.480. The van der Waals surface area contributed by atoms with Crippen LogP contribution in [0.1, 0.15) is 58.9 Å². The molecule has 0 bridgehead atoms. The lowest BCUT2D eigenvalue weighted by Crippen LogP contribution is -2.39. The van der Waals surface area contributed by atoms with Gasteiger partial charge < -0.3 is 15.5 Å². The molecule has 5 rings (SSSR count). The number of hydrogen-bond donors (Lipinski definition) is 2. The maximum atomic E-state index is 13.8. The van der Waals surface area contributed by atoms with Gasteiger partial charge >= 0.3 is 0 Å². The third-order valence-electron chi connectivity index (χ3n) is 7.08. The van der Waals surface area contributed by atoms with Crippen molar-refractivity contribution in [2.45, 2.75) is 51.2 Å². The summed E-state index contributed by atoms with van der Waals surface area (Å²) in [6, 6.07) is 6.85. The van der Waals surface area contributed by atoms with Gasteiger partial charge in [0.15, 0.2) is 5.65 Å². The Kier molecular flexibility index (Phi) is 7.14. The number of likely N-dealkylation sites (tertiary alicyclic amines) is 1. The van der Waals surface area contributed by atoms with Crippen molar-refractivity contribution in [3.8, 4) is 0 Å². The highest BCUT2D eigenvalue weighted by Gasteiger charge is 2.32. The van der Waals surface area contributed by atoms with Gasteiger partial charge in [0.25, 0.3) is 5.91 Å². The summed E-state index contributed by atoms with van der Waals surface area (Å²) in [5.74, 6) is 0.732. The lowest BCUT2D eigenvalue weighted by molar-refractivity contribution is 0.0604. The van der Waals surface area contributed by atoms with Crippen LogP contribution in [0.15, 0.2) is 30.5 Å². The zero-order valence-electron chi connectivity index (χ0n) is 21.0. The summed E-state index contributed by atoms with van der Waals surface area (Å²) in [7, 11) is -3.42. The number of halogens is 1. The standard InChI is InChI=1S/C25H32ClN7O3S/c1-16-14-33-23(29-24(16)31-10-8-19(27)15-31)12-21(30-33)22-5-3-4-9-32(22)25(34)20-11-18(26)7-6-17(20)13-28-37(2,35)36/h6-7,11-12,14,19,22,28H,3-5,8-10,13,15,27H2,1-2H3/t19-,22-/m0/s1. The molecule has 2 saturated heterocycles. The highest BCUT2D eigenvalue weighted by Crippen LogP contribution is 2.33. The van der Waals surface area contributed by atoms with E-state index in [0.717, 1.165) is 67.8 Å². The van der Waals surface area contributed by atoms with Crippen molar-refractivity contribution >= 4 is 39.0 Å². The fourth-order valence-corrected chi connectivity index (χ4v) is 5.82. The molecule has 0 aliphatic carbocycles. The molecule has 4 heterocycles. The number of nitrogens with zero attached hydrogens (tertiary/aromatic N) is 5. The summed E-state index contributed by atoms with van der Waals surface area (Å²) in [5.41, 5.74) is 9.62. The number of carbonyl (C=O) groups is 1. The molecule has 3 N–H and O–H groups in total. The summed E-state index contributed by atoms with van der Waals surface area (Å²) >= 11 is 6.24. The van der Waals surface area contributed by atoms with E-state index in [1.165, 1.54) is 0 Å². The first-order valence-electron chi connectivity index (χ1n) is 12.5. The number of aromatic nitrogens is 3. The van der Waals surface area contributed by atoms with Crippen molar-refractivity contribution in [2.75, 3.05) is 30.8 Å². The van der Waals surface area contributed by atoms with E-state index in [9.17, 15) is 13.2 Å². The molecule has 2 atom stereocenters. The molecule has 3 aromatic rings. The third kappa shape index (κ3) is 5.59. The normalized spacial score (nSPS) is 20.6. The lowest BCUT2D eigenvalue weighted by Gasteiger charge is -2.35. The minimum atomic E-state index is -3.42. The molecule has 2 fully saturated rings. The van der Waals surface area contributed by atoms with Gasteiger partial charge in [0.2, 0.25) is 10.0 Å². The van der Waals surface area contributed by atoms with E-state index < -0.39 is 10.0 Å². The van der Waals surface area contributed by atoms with Crippen LogP contribution in [0.5, 0.6) is 0 Å². The molecule has 2 aliphatic heterocycles. The van der Waals surface area contributed by atoms with E-state index in [-0.39, 0.29) is 24.5 Å². The van der Waals surface area contributed by atoms with Gasteiger partial charge in [0.1, 0.15) is 5.82 Å². The summed E-state index contributed by atoms with van der Waals surface area (Å²) in [6.45, 7) is 4.27. The second-order valence-electron chi connectivity index (χ2n) is 10.0. The first-order chi connectivity index (χ1) is 17.6. The number of fused-ring (bicyclic) bond motifs is 1. The van der Waals surface area contributed by atoms with E-state index >= 15 is 0 Å². The number of rotatable bonds is 6. The highest BCUT2D eigenvalue weighted by atomic mass is 35.5. The average Bonchev–Trinajstić information content (AvgIpc) is 3.47. The predicted octanol–water partition coefficient (Wildman–Crippen LogP) is 2.65. The number of anilines is 1. The van der Waals surface area contributed by atoms with Crippen LogP contribution in [0.4, 0.5) is 5.82 Å². The summed E-state index contributed by atoms with van der Waals surface area (Å²) < 4.78 is 27.6. The molecule has 1 aromatic carbocycles. The second-order valence-corrected chi connectivity index (χ2v) is 12.3. The minimum Gasteiger partial charge on any atom is -0.355 e. The molecule has 12 heteroatoms. The highest BCUT2D eigenvalue weighted by molar-refractivity contribution is 7.88. The Labute approximate surface area is 221 Å². The number of sulfonamides is 1. The largest absolute Gasteiger partial charge is 0.355 e. The molecule has 0 saturated carbocycles. The van der Waals surface area contributed by atoms with E-state index in [4.69, 9.17) is 27.4 Å². The van der Waals surface area contributed by atoms with Gasteiger partial charge in [-0.1, -0.05) is 17.7 Å². The van der Waals surface area contributed by atoms with E-state index in [2.05, 4.69) is 9.62 Å². The Morgan fingerprint density at radius 1 is 1.22 bits per heavy atom. The van der Waals surface area contributed by atoms with Crippen LogP contribution in [0.3, 0.4) is 0 Å². The first kappa shape index (κ1) is 25.9. The zero-order valence-corrected chi connectivity index (χ0v) is 22.6. The average molecular weight is 546 g/mol. The molecule has 0 radical (unpaired) electrons. The van der Waals surface area contributed by atoms with Crippen LogP contribution in [-0.2, 0) is 16.6 Å². The van der Waals surface area contributed by atoms with Gasteiger partial charge in [-0.3, -0.25) is 4.79 Å². The van der Waals surface area contributed by atoms with Crippen LogP contribution in [-0.4, -0.2) is 65.8 Å². The topological polar surface area (TPSA) is 126 Å². The third-order valence-corrected chi connectivity index (χ3v) is 7.98. The Morgan fingerprint density at radius 3 is 2.76 bits per heavy atom. The van der Waals surface area contributed by atoms with Crippen LogP contribution >= 0.6 is 11.6 Å². The van der Waals surface area contributed by atoms with Crippen LogP contribution < -0.4 is 15.4 Å². The minimum absolute atomic E-state index is 0.01000. The van der Waals surface area contributed by atoms with Crippen molar-refractivity contribution in [1.82, 2.24) is 24.2 Å². The van der Waals surface area contributed by atoms with Crippen LogP contribution in [0.2, 0.25) is 5.02 Å². The van der Waals surface area contributed by atoms with Crippen molar-refractivity contribution in [2.24, 2.45) is 5.73 Å². The lowest BCUT2D eigenvalue weighted by atomic mass is 9.97. The van der Waals surface area contributed by atoms with Crippen LogP contribution in [0.25, 0.3) is 5.65 Å². The number of aryl methyl sites for hydroxylation is 1. The van der Waals surface area contributed by atoms with Gasteiger partial charge in [0, 0.05) is 60.6 Å². The van der Waals surface area contributed by atoms with Crippen molar-refractivity contribution in [3.05, 3.63) is 57.9 Å². The zero-order chi connectivity index (χ0) is 26.3. The summed E-state index contributed by atoms with van der Waals surface area (Å²) in [5, 5.41) is 5.23. The van der Waals surface area contributed by atoms with Gasteiger partial charge in [0.05, 0.1) is 18.0 Å². The number of benzene rings is 1. The number of nitrogens with one attached hydrogen (secondary N) is 1. The van der Waals surface area contributed by atoms with E-state index in [1.807, 2.05) is 24.1 Å². The predicted molar refractivity (Wildman–Crippen MR) is 143 cm³/mol. The molecule has 198 valence electrons. The number of carbonyl (C=O) groups excluding carboxylic acids is 1. The molecular weight excluding hydrogens is 514 g/mol. The fourth-order valence-electron chi connectivity index (χ4n) is 5.23. The molecule has 2 aliphatic rings. The molecule has 37 heavy (non-hydrogen) atoms. The first-order valence-corrected chi connectivity index (χ1v) is 14.8. The Hall–Kier alpha value is -2.73. The smallest absolute Gasteiger partial charge is 0.254 e. The Balaban J connectivity index is 1.46. The van der Waals surface area contributed by atoms with Gasteiger partial charge in [-0.05, 0) is 50.3 Å². The second kappa shape index (κ2) is 10.2. The number of amides is 1. The molecule has 1 amide bonds.